The van der Waals surface area contributed by atoms with E-state index < -0.39 is 0 Å². The van der Waals surface area contributed by atoms with E-state index in [1.165, 1.54) is 0 Å². The maximum Gasteiger partial charge on any atom is 0.267 e. The molecule has 2 N–H and O–H groups in total. The average molecular weight is 323 g/mol. The van der Waals surface area contributed by atoms with Crippen molar-refractivity contribution in [1.29, 1.82) is 0 Å². The lowest BCUT2D eigenvalue weighted by Gasteiger charge is -2.31. The van der Waals surface area contributed by atoms with Crippen LogP contribution in [0.15, 0.2) is 54.7 Å². The number of piperidine rings is 1. The van der Waals surface area contributed by atoms with Gasteiger partial charge in [-0.3, -0.25) is 9.59 Å². The molecule has 1 aliphatic heterocycles. The molecular weight excluding hydrogens is 302 g/mol. The Morgan fingerprint density at radius 2 is 1.83 bits per heavy atom. The zero-order valence-electron chi connectivity index (χ0n) is 13.4. The van der Waals surface area contributed by atoms with Gasteiger partial charge in [-0.05, 0) is 36.6 Å². The molecule has 0 bridgehead atoms. The van der Waals surface area contributed by atoms with Crippen molar-refractivity contribution < 1.29 is 9.59 Å². The summed E-state index contributed by atoms with van der Waals surface area (Å²) in [5.41, 5.74) is 1.58. The van der Waals surface area contributed by atoms with Crippen molar-refractivity contribution in [2.24, 2.45) is 0 Å². The van der Waals surface area contributed by atoms with Crippen LogP contribution in [0.3, 0.4) is 0 Å². The maximum atomic E-state index is 12.2. The zero-order chi connectivity index (χ0) is 16.8. The molecule has 3 rings (SSSR count). The fraction of sp³-hybridized carbons (Fsp3) is 0.263. The molecule has 5 nitrogen and oxygen atoms in total. The van der Waals surface area contributed by atoms with Crippen LogP contribution in [-0.2, 0) is 4.79 Å². The quantitative estimate of drug-likeness (QED) is 0.849. The van der Waals surface area contributed by atoms with Gasteiger partial charge in [0.25, 0.3) is 5.91 Å². The topological polar surface area (TPSA) is 65.2 Å². The highest BCUT2D eigenvalue weighted by Gasteiger charge is 2.23. The molecule has 1 aliphatic rings. The Morgan fingerprint density at radius 3 is 2.50 bits per heavy atom. The second-order valence-corrected chi connectivity index (χ2v) is 5.90. The van der Waals surface area contributed by atoms with Crippen molar-refractivity contribution >= 4 is 17.9 Å². The molecule has 5 heteroatoms. The molecule has 0 atom stereocenters. The Labute approximate surface area is 141 Å². The number of hydrogen-bond acceptors (Lipinski definition) is 2. The van der Waals surface area contributed by atoms with E-state index in [2.05, 4.69) is 10.3 Å². The first-order valence-corrected chi connectivity index (χ1v) is 8.18. The number of H-pyrrole nitrogens is 1. The van der Waals surface area contributed by atoms with E-state index in [4.69, 9.17) is 0 Å². The van der Waals surface area contributed by atoms with Crippen LogP contribution in [0.4, 0.5) is 0 Å². The molecule has 1 aromatic heterocycles. The Kier molecular flexibility index (Phi) is 5.11. The van der Waals surface area contributed by atoms with Crippen LogP contribution in [0.5, 0.6) is 0 Å². The number of benzene rings is 1. The van der Waals surface area contributed by atoms with Crippen LogP contribution < -0.4 is 5.32 Å². The van der Waals surface area contributed by atoms with Gasteiger partial charge in [-0.15, -0.1) is 0 Å². The van der Waals surface area contributed by atoms with Crippen molar-refractivity contribution in [3.05, 3.63) is 66.0 Å². The zero-order valence-corrected chi connectivity index (χ0v) is 13.4. The van der Waals surface area contributed by atoms with Gasteiger partial charge in [0, 0.05) is 31.4 Å². The second-order valence-electron chi connectivity index (χ2n) is 5.90. The summed E-state index contributed by atoms with van der Waals surface area (Å²) in [6, 6.07) is 13.4. The molecular formula is C19H21N3O2. The van der Waals surface area contributed by atoms with Gasteiger partial charge in [0.1, 0.15) is 5.69 Å². The van der Waals surface area contributed by atoms with E-state index >= 15 is 0 Å². The molecule has 1 saturated heterocycles. The summed E-state index contributed by atoms with van der Waals surface area (Å²) in [4.78, 5) is 29.0. The molecule has 0 radical (unpaired) electrons. The summed E-state index contributed by atoms with van der Waals surface area (Å²) in [7, 11) is 0. The molecule has 0 saturated carbocycles. The molecule has 2 amide bonds. The van der Waals surface area contributed by atoms with Crippen molar-refractivity contribution in [3.8, 4) is 0 Å². The van der Waals surface area contributed by atoms with Crippen molar-refractivity contribution in [3.63, 3.8) is 0 Å². The molecule has 0 unspecified atom stereocenters. The standard InChI is InChI=1S/C19H21N3O2/c23-18(9-8-15-5-2-1-3-6-15)22-13-10-16(11-14-22)21-19(24)17-7-4-12-20-17/h1-9,12,16,20H,10-11,13-14H2,(H,21,24)/b9-8+. The molecule has 0 spiro atoms. The number of hydrogen-bond donors (Lipinski definition) is 2. The fourth-order valence-electron chi connectivity index (χ4n) is 2.82. The highest BCUT2D eigenvalue weighted by atomic mass is 16.2. The van der Waals surface area contributed by atoms with Gasteiger partial charge in [0.15, 0.2) is 0 Å². The smallest absolute Gasteiger partial charge is 0.267 e. The minimum Gasteiger partial charge on any atom is -0.357 e. The molecule has 1 aromatic carbocycles. The Morgan fingerprint density at radius 1 is 1.08 bits per heavy atom. The van der Waals surface area contributed by atoms with Crippen LogP contribution in [-0.4, -0.2) is 40.8 Å². The summed E-state index contributed by atoms with van der Waals surface area (Å²) < 4.78 is 0. The van der Waals surface area contributed by atoms with E-state index in [9.17, 15) is 9.59 Å². The third-order valence-corrected chi connectivity index (χ3v) is 4.20. The van der Waals surface area contributed by atoms with Gasteiger partial charge in [-0.2, -0.15) is 0 Å². The van der Waals surface area contributed by atoms with Crippen LogP contribution >= 0.6 is 0 Å². The number of carbonyl (C=O) groups excluding carboxylic acids is 2. The number of nitrogens with zero attached hydrogens (tertiary/aromatic N) is 1. The summed E-state index contributed by atoms with van der Waals surface area (Å²) >= 11 is 0. The van der Waals surface area contributed by atoms with E-state index in [1.54, 1.807) is 24.4 Å². The molecule has 0 aliphatic carbocycles. The van der Waals surface area contributed by atoms with Gasteiger partial charge in [-0.25, -0.2) is 0 Å². The third kappa shape index (κ3) is 4.13. The Hall–Kier alpha value is -2.82. The summed E-state index contributed by atoms with van der Waals surface area (Å²) in [6.07, 6.45) is 6.73. The van der Waals surface area contributed by atoms with E-state index in [0.717, 1.165) is 18.4 Å². The van der Waals surface area contributed by atoms with Crippen LogP contribution in [0.25, 0.3) is 6.08 Å². The van der Waals surface area contributed by atoms with Gasteiger partial charge in [0.05, 0.1) is 0 Å². The van der Waals surface area contributed by atoms with Crippen LogP contribution in [0.2, 0.25) is 0 Å². The Bertz CT molecular complexity index is 699. The number of nitrogens with one attached hydrogen (secondary N) is 2. The third-order valence-electron chi connectivity index (χ3n) is 4.20. The van der Waals surface area contributed by atoms with Crippen molar-refractivity contribution in [2.45, 2.75) is 18.9 Å². The first kappa shape index (κ1) is 16.1. The number of likely N-dealkylation sites (tertiary alicyclic amines) is 1. The lowest BCUT2D eigenvalue weighted by molar-refractivity contribution is -0.126. The van der Waals surface area contributed by atoms with E-state index in [-0.39, 0.29) is 17.9 Å². The predicted molar refractivity (Wildman–Crippen MR) is 93.3 cm³/mol. The summed E-state index contributed by atoms with van der Waals surface area (Å²) in [5, 5.41) is 3.01. The van der Waals surface area contributed by atoms with E-state index in [1.807, 2.05) is 41.3 Å². The van der Waals surface area contributed by atoms with Gasteiger partial charge >= 0.3 is 0 Å². The van der Waals surface area contributed by atoms with Gasteiger partial charge in [-0.1, -0.05) is 30.3 Å². The first-order chi connectivity index (χ1) is 11.7. The fourth-order valence-corrected chi connectivity index (χ4v) is 2.82. The van der Waals surface area contributed by atoms with Crippen LogP contribution in [0.1, 0.15) is 28.9 Å². The summed E-state index contributed by atoms with van der Waals surface area (Å²) in [6.45, 7) is 1.32. The molecule has 2 aromatic rings. The number of amides is 2. The van der Waals surface area contributed by atoms with E-state index in [0.29, 0.717) is 18.8 Å². The van der Waals surface area contributed by atoms with Gasteiger partial charge in [0.2, 0.25) is 5.91 Å². The lowest BCUT2D eigenvalue weighted by Crippen LogP contribution is -2.46. The van der Waals surface area contributed by atoms with Crippen LogP contribution in [0, 0.1) is 0 Å². The molecule has 1 fully saturated rings. The monoisotopic (exact) mass is 323 g/mol. The van der Waals surface area contributed by atoms with Crippen molar-refractivity contribution in [2.75, 3.05) is 13.1 Å². The second kappa shape index (κ2) is 7.64. The average Bonchev–Trinajstić information content (AvgIpc) is 3.16. The summed E-state index contributed by atoms with van der Waals surface area (Å²) in [5.74, 6) is -0.0678. The maximum absolute atomic E-state index is 12.2. The minimum absolute atomic E-state index is 0.0213. The largest absolute Gasteiger partial charge is 0.357 e. The highest BCUT2D eigenvalue weighted by molar-refractivity contribution is 5.93. The number of aromatic nitrogens is 1. The normalized spacial score (nSPS) is 15.6. The first-order valence-electron chi connectivity index (χ1n) is 8.18. The number of rotatable bonds is 4. The Balaban J connectivity index is 1.47. The van der Waals surface area contributed by atoms with Crippen molar-refractivity contribution in [1.82, 2.24) is 15.2 Å². The molecule has 24 heavy (non-hydrogen) atoms. The molecule has 2 heterocycles. The predicted octanol–water partition coefficient (Wildman–Crippen LogP) is 2.45. The lowest BCUT2D eigenvalue weighted by atomic mass is 10.0. The highest BCUT2D eigenvalue weighted by Crippen LogP contribution is 2.12. The SMILES string of the molecule is O=C(NC1CCN(C(=O)/C=C/c2ccccc2)CC1)c1ccc[nH]1. The number of aromatic amines is 1. The van der Waals surface area contributed by atoms with Gasteiger partial charge < -0.3 is 15.2 Å². The number of carbonyl (C=O) groups is 2. The molecule has 124 valence electrons. The minimum atomic E-state index is -0.0891.